The van der Waals surface area contributed by atoms with Crippen LogP contribution < -0.4 is 0 Å². The van der Waals surface area contributed by atoms with Crippen LogP contribution in [0.15, 0.2) is 59.2 Å². The summed E-state index contributed by atoms with van der Waals surface area (Å²) in [5.74, 6) is -1.12. The minimum Gasteiger partial charge on any atom is -0.466 e. The van der Waals surface area contributed by atoms with Crippen molar-refractivity contribution in [2.45, 2.75) is 45.6 Å². The quantitative estimate of drug-likeness (QED) is 0.262. The minimum atomic E-state index is -4.53. The number of hydrogen-bond donors (Lipinski definition) is 0. The third kappa shape index (κ3) is 7.44. The molecule has 1 aliphatic rings. The van der Waals surface area contributed by atoms with Crippen molar-refractivity contribution in [3.63, 3.8) is 0 Å². The molecule has 7 nitrogen and oxygen atoms in total. The van der Waals surface area contributed by atoms with Crippen LogP contribution in [0.2, 0.25) is 0 Å². The fourth-order valence-corrected chi connectivity index (χ4v) is 4.60. The lowest BCUT2D eigenvalue weighted by atomic mass is 9.97. The standard InChI is InChI=1S/C28H29F4N3O4/c1-2-38-27(37)20-11-13-35(14-12-20)26(36)24-18-39-25(33-24)17-34(15-19-7-9-22(29)10-8-19)16-21-5-3-4-6-23(21)28(30,31)32/h3-10,18,20H,2,11-17H2,1H3. The van der Waals surface area contributed by atoms with Crippen LogP contribution in [0.3, 0.4) is 0 Å². The number of alkyl halides is 3. The average Bonchev–Trinajstić information content (AvgIpc) is 3.38. The van der Waals surface area contributed by atoms with E-state index < -0.39 is 17.6 Å². The first-order valence-electron chi connectivity index (χ1n) is 12.7. The Morgan fingerprint density at radius 2 is 1.74 bits per heavy atom. The third-order valence-corrected chi connectivity index (χ3v) is 6.57. The Kier molecular flexibility index (Phi) is 9.01. The summed E-state index contributed by atoms with van der Waals surface area (Å²) < 4.78 is 64.8. The number of carbonyl (C=O) groups excluding carboxylic acids is 2. The van der Waals surface area contributed by atoms with Gasteiger partial charge in [-0.1, -0.05) is 30.3 Å². The van der Waals surface area contributed by atoms with Gasteiger partial charge in [-0.05, 0) is 49.1 Å². The number of piperidine rings is 1. The number of aromatic nitrogens is 1. The molecule has 0 unspecified atom stereocenters. The number of rotatable bonds is 9. The highest BCUT2D eigenvalue weighted by Gasteiger charge is 2.34. The maximum absolute atomic E-state index is 13.6. The highest BCUT2D eigenvalue weighted by atomic mass is 19.4. The molecule has 208 valence electrons. The topological polar surface area (TPSA) is 75.9 Å². The molecule has 1 fully saturated rings. The van der Waals surface area contributed by atoms with Crippen LogP contribution in [0, 0.1) is 11.7 Å². The van der Waals surface area contributed by atoms with E-state index in [4.69, 9.17) is 9.15 Å². The summed E-state index contributed by atoms with van der Waals surface area (Å²) >= 11 is 0. The van der Waals surface area contributed by atoms with E-state index in [2.05, 4.69) is 4.98 Å². The fraction of sp³-hybridized carbons (Fsp3) is 0.393. The normalized spacial score (nSPS) is 14.6. The highest BCUT2D eigenvalue weighted by molar-refractivity contribution is 5.92. The molecule has 0 radical (unpaired) electrons. The number of benzene rings is 2. The molecular formula is C28H29F4N3O4. The van der Waals surface area contributed by atoms with Crippen molar-refractivity contribution >= 4 is 11.9 Å². The summed E-state index contributed by atoms with van der Waals surface area (Å²) in [6, 6.07) is 11.0. The lowest BCUT2D eigenvalue weighted by molar-refractivity contribution is -0.149. The van der Waals surface area contributed by atoms with Gasteiger partial charge in [0.25, 0.3) is 5.91 Å². The summed E-state index contributed by atoms with van der Waals surface area (Å²) in [6.45, 7) is 2.92. The monoisotopic (exact) mass is 547 g/mol. The van der Waals surface area contributed by atoms with Crippen molar-refractivity contribution in [1.82, 2.24) is 14.8 Å². The molecule has 3 aromatic rings. The van der Waals surface area contributed by atoms with Gasteiger partial charge in [0.2, 0.25) is 5.89 Å². The van der Waals surface area contributed by atoms with Gasteiger partial charge < -0.3 is 14.1 Å². The third-order valence-electron chi connectivity index (χ3n) is 6.57. The Labute approximate surface area is 223 Å². The molecule has 2 heterocycles. The Morgan fingerprint density at radius 3 is 2.41 bits per heavy atom. The molecule has 0 saturated carbocycles. The van der Waals surface area contributed by atoms with Crippen molar-refractivity contribution in [2.75, 3.05) is 19.7 Å². The zero-order valence-corrected chi connectivity index (χ0v) is 21.4. The van der Waals surface area contributed by atoms with Crippen LogP contribution in [-0.4, -0.2) is 46.4 Å². The number of ether oxygens (including phenoxy) is 1. The molecule has 0 spiro atoms. The molecule has 0 bridgehead atoms. The molecule has 2 aromatic carbocycles. The molecule has 1 amide bonds. The first-order valence-corrected chi connectivity index (χ1v) is 12.7. The van der Waals surface area contributed by atoms with Crippen LogP contribution in [0.4, 0.5) is 17.6 Å². The molecule has 1 saturated heterocycles. The summed E-state index contributed by atoms with van der Waals surface area (Å²) in [7, 11) is 0. The van der Waals surface area contributed by atoms with Gasteiger partial charge in [-0.3, -0.25) is 14.5 Å². The van der Waals surface area contributed by atoms with E-state index in [9.17, 15) is 27.2 Å². The Hall–Kier alpha value is -3.73. The molecule has 0 N–H and O–H groups in total. The predicted molar refractivity (Wildman–Crippen MR) is 133 cm³/mol. The smallest absolute Gasteiger partial charge is 0.416 e. The largest absolute Gasteiger partial charge is 0.466 e. The van der Waals surface area contributed by atoms with Crippen LogP contribution in [0.1, 0.15) is 52.8 Å². The summed E-state index contributed by atoms with van der Waals surface area (Å²) in [6.07, 6.45) is -2.32. The Balaban J connectivity index is 1.47. The number of likely N-dealkylation sites (tertiary alicyclic amines) is 1. The van der Waals surface area contributed by atoms with E-state index in [-0.39, 0.29) is 54.6 Å². The molecule has 4 rings (SSSR count). The molecule has 11 heteroatoms. The van der Waals surface area contributed by atoms with Gasteiger partial charge >= 0.3 is 12.1 Å². The maximum atomic E-state index is 13.6. The minimum absolute atomic E-state index is 0.0157. The van der Waals surface area contributed by atoms with E-state index >= 15 is 0 Å². The number of esters is 1. The second kappa shape index (κ2) is 12.4. The summed E-state index contributed by atoms with van der Waals surface area (Å²) in [5.41, 5.74) is 0.0910. The van der Waals surface area contributed by atoms with Crippen molar-refractivity contribution < 1.29 is 36.3 Å². The average molecular weight is 548 g/mol. The van der Waals surface area contributed by atoms with Crippen LogP contribution in [-0.2, 0) is 35.3 Å². The van der Waals surface area contributed by atoms with Crippen LogP contribution in [0.5, 0.6) is 0 Å². The summed E-state index contributed by atoms with van der Waals surface area (Å²) in [5, 5.41) is 0. The van der Waals surface area contributed by atoms with Gasteiger partial charge in [-0.2, -0.15) is 13.2 Å². The zero-order chi connectivity index (χ0) is 28.0. The predicted octanol–water partition coefficient (Wildman–Crippen LogP) is 5.45. The molecule has 1 aromatic heterocycles. The number of hydrogen-bond acceptors (Lipinski definition) is 6. The van der Waals surface area contributed by atoms with E-state index in [1.807, 2.05) is 0 Å². The Morgan fingerprint density at radius 1 is 1.05 bits per heavy atom. The second-order valence-corrected chi connectivity index (χ2v) is 9.37. The van der Waals surface area contributed by atoms with Gasteiger partial charge in [-0.25, -0.2) is 9.37 Å². The Bertz CT molecular complexity index is 1270. The SMILES string of the molecule is CCOC(=O)C1CCN(C(=O)c2coc(CN(Cc3ccc(F)cc3)Cc3ccccc3C(F)(F)F)n2)CC1. The molecule has 1 aliphatic heterocycles. The van der Waals surface area contributed by atoms with Crippen LogP contribution in [0.25, 0.3) is 0 Å². The molecular weight excluding hydrogens is 518 g/mol. The lowest BCUT2D eigenvalue weighted by Gasteiger charge is -2.30. The van der Waals surface area contributed by atoms with Gasteiger partial charge in [-0.15, -0.1) is 0 Å². The molecule has 0 atom stereocenters. The van der Waals surface area contributed by atoms with E-state index in [1.165, 1.54) is 36.6 Å². The fourth-order valence-electron chi connectivity index (χ4n) is 4.60. The van der Waals surface area contributed by atoms with Gasteiger partial charge in [0.05, 0.1) is 24.6 Å². The second-order valence-electron chi connectivity index (χ2n) is 9.37. The number of nitrogens with zero attached hydrogens (tertiary/aromatic N) is 3. The first kappa shape index (κ1) is 28.3. The number of amides is 1. The van der Waals surface area contributed by atoms with Crippen LogP contribution >= 0.6 is 0 Å². The van der Waals surface area contributed by atoms with Crippen molar-refractivity contribution in [3.05, 3.63) is 88.9 Å². The van der Waals surface area contributed by atoms with Gasteiger partial charge in [0, 0.05) is 26.2 Å². The molecule has 0 aliphatic carbocycles. The highest BCUT2D eigenvalue weighted by Crippen LogP contribution is 2.33. The summed E-state index contributed by atoms with van der Waals surface area (Å²) in [4.78, 5) is 32.5. The van der Waals surface area contributed by atoms with Crippen molar-refractivity contribution in [1.29, 1.82) is 0 Å². The zero-order valence-electron chi connectivity index (χ0n) is 21.4. The number of halogens is 4. The van der Waals surface area contributed by atoms with E-state index in [0.717, 1.165) is 6.07 Å². The van der Waals surface area contributed by atoms with E-state index in [1.54, 1.807) is 28.9 Å². The van der Waals surface area contributed by atoms with Crippen molar-refractivity contribution in [2.24, 2.45) is 5.92 Å². The first-order chi connectivity index (χ1) is 18.6. The molecule has 39 heavy (non-hydrogen) atoms. The number of carbonyl (C=O) groups is 2. The van der Waals surface area contributed by atoms with Gasteiger partial charge in [0.1, 0.15) is 12.1 Å². The maximum Gasteiger partial charge on any atom is 0.416 e. The number of oxazole rings is 1. The van der Waals surface area contributed by atoms with Gasteiger partial charge in [0.15, 0.2) is 5.69 Å². The van der Waals surface area contributed by atoms with E-state index in [0.29, 0.717) is 38.1 Å². The lowest BCUT2D eigenvalue weighted by Crippen LogP contribution is -2.40. The van der Waals surface area contributed by atoms with Crippen molar-refractivity contribution in [3.8, 4) is 0 Å².